The summed E-state index contributed by atoms with van der Waals surface area (Å²) in [5.41, 5.74) is 0. The topological polar surface area (TPSA) is 17.1 Å². The highest BCUT2D eigenvalue weighted by Crippen LogP contribution is 2.42. The van der Waals surface area contributed by atoms with E-state index in [1.165, 1.54) is 19.3 Å². The standard InChI is InChI=1S/C11H18O/c1-8-5-6-10(12)7-11(8)9-3-2-4-9/h8-9,11H,2-7H2,1H3. The summed E-state index contributed by atoms with van der Waals surface area (Å²) in [7, 11) is 0. The molecule has 12 heavy (non-hydrogen) atoms. The Bertz CT molecular complexity index is 179. The summed E-state index contributed by atoms with van der Waals surface area (Å²) < 4.78 is 0. The Morgan fingerprint density at radius 3 is 2.58 bits per heavy atom. The van der Waals surface area contributed by atoms with Crippen LogP contribution in [0.3, 0.4) is 0 Å². The number of carbonyl (C=O) groups is 1. The average molecular weight is 166 g/mol. The van der Waals surface area contributed by atoms with Crippen LogP contribution in [-0.4, -0.2) is 5.78 Å². The van der Waals surface area contributed by atoms with Crippen molar-refractivity contribution < 1.29 is 4.79 Å². The van der Waals surface area contributed by atoms with E-state index in [1.807, 2.05) is 0 Å². The van der Waals surface area contributed by atoms with Crippen molar-refractivity contribution in [2.75, 3.05) is 0 Å². The number of hydrogen-bond acceptors (Lipinski definition) is 1. The van der Waals surface area contributed by atoms with Crippen LogP contribution in [0.5, 0.6) is 0 Å². The number of hydrogen-bond donors (Lipinski definition) is 0. The number of Topliss-reactive ketones (excluding diaryl/α,β-unsaturated/α-hetero) is 1. The zero-order valence-corrected chi connectivity index (χ0v) is 7.88. The first-order valence-electron chi connectivity index (χ1n) is 5.29. The molecular formula is C11H18O. The van der Waals surface area contributed by atoms with Gasteiger partial charge >= 0.3 is 0 Å². The molecule has 2 aliphatic rings. The molecule has 2 atom stereocenters. The molecule has 2 saturated carbocycles. The highest BCUT2D eigenvalue weighted by Gasteiger charge is 2.35. The van der Waals surface area contributed by atoms with Crippen molar-refractivity contribution >= 4 is 5.78 Å². The van der Waals surface area contributed by atoms with Gasteiger partial charge in [-0.05, 0) is 24.2 Å². The lowest BCUT2D eigenvalue weighted by molar-refractivity contribution is -0.123. The van der Waals surface area contributed by atoms with Crippen molar-refractivity contribution in [2.45, 2.75) is 45.4 Å². The van der Waals surface area contributed by atoms with Crippen molar-refractivity contribution in [3.05, 3.63) is 0 Å². The Balaban J connectivity index is 1.96. The SMILES string of the molecule is CC1CCC(=O)CC1C1CCC1. The average Bonchev–Trinajstić information content (AvgIpc) is 1.93. The molecule has 0 bridgehead atoms. The van der Waals surface area contributed by atoms with Crippen LogP contribution in [0.1, 0.15) is 45.4 Å². The number of carbonyl (C=O) groups excluding carboxylic acids is 1. The largest absolute Gasteiger partial charge is 0.300 e. The minimum atomic E-state index is 0.519. The van der Waals surface area contributed by atoms with Gasteiger partial charge in [0.25, 0.3) is 0 Å². The Morgan fingerprint density at radius 1 is 1.25 bits per heavy atom. The molecule has 1 nitrogen and oxygen atoms in total. The predicted molar refractivity (Wildman–Crippen MR) is 48.9 cm³/mol. The fraction of sp³-hybridized carbons (Fsp3) is 0.909. The fourth-order valence-corrected chi connectivity index (χ4v) is 2.67. The van der Waals surface area contributed by atoms with E-state index >= 15 is 0 Å². The molecule has 0 aromatic heterocycles. The molecule has 0 aromatic rings. The smallest absolute Gasteiger partial charge is 0.133 e. The van der Waals surface area contributed by atoms with Gasteiger partial charge < -0.3 is 0 Å². The molecule has 68 valence electrons. The van der Waals surface area contributed by atoms with Crippen LogP contribution in [0, 0.1) is 17.8 Å². The first kappa shape index (κ1) is 8.28. The molecule has 0 amide bonds. The second-order valence-corrected chi connectivity index (χ2v) is 4.61. The molecule has 0 aliphatic heterocycles. The highest BCUT2D eigenvalue weighted by atomic mass is 16.1. The van der Waals surface area contributed by atoms with E-state index in [4.69, 9.17) is 0 Å². The molecule has 0 aromatic carbocycles. The molecule has 2 rings (SSSR count). The molecule has 2 fully saturated rings. The van der Waals surface area contributed by atoms with Crippen molar-refractivity contribution in [3.8, 4) is 0 Å². The van der Waals surface area contributed by atoms with Crippen LogP contribution in [0.2, 0.25) is 0 Å². The van der Waals surface area contributed by atoms with Gasteiger partial charge in [-0.1, -0.05) is 26.2 Å². The maximum atomic E-state index is 11.3. The third kappa shape index (κ3) is 1.41. The van der Waals surface area contributed by atoms with Gasteiger partial charge in [-0.2, -0.15) is 0 Å². The Hall–Kier alpha value is -0.330. The minimum Gasteiger partial charge on any atom is -0.300 e. The third-order valence-corrected chi connectivity index (χ3v) is 3.83. The molecule has 0 radical (unpaired) electrons. The summed E-state index contributed by atoms with van der Waals surface area (Å²) in [6.45, 7) is 2.33. The predicted octanol–water partition coefficient (Wildman–Crippen LogP) is 2.79. The Morgan fingerprint density at radius 2 is 2.00 bits per heavy atom. The summed E-state index contributed by atoms with van der Waals surface area (Å²) in [6.07, 6.45) is 7.09. The van der Waals surface area contributed by atoms with E-state index in [2.05, 4.69) is 6.92 Å². The van der Waals surface area contributed by atoms with Crippen molar-refractivity contribution in [2.24, 2.45) is 17.8 Å². The van der Waals surface area contributed by atoms with Gasteiger partial charge in [0.05, 0.1) is 0 Å². The number of rotatable bonds is 1. The van der Waals surface area contributed by atoms with Gasteiger partial charge in [-0.25, -0.2) is 0 Å². The van der Waals surface area contributed by atoms with E-state index in [1.54, 1.807) is 0 Å². The van der Waals surface area contributed by atoms with Crippen LogP contribution in [0.25, 0.3) is 0 Å². The van der Waals surface area contributed by atoms with Gasteiger partial charge in [0, 0.05) is 12.8 Å². The van der Waals surface area contributed by atoms with Crippen LogP contribution in [0.4, 0.5) is 0 Å². The molecule has 2 aliphatic carbocycles. The quantitative estimate of drug-likeness (QED) is 0.585. The summed E-state index contributed by atoms with van der Waals surface area (Å²) in [5.74, 6) is 2.99. The molecule has 2 unspecified atom stereocenters. The lowest BCUT2D eigenvalue weighted by atomic mass is 9.66. The molecule has 0 heterocycles. The summed E-state index contributed by atoms with van der Waals surface area (Å²) in [4.78, 5) is 11.3. The van der Waals surface area contributed by atoms with E-state index in [9.17, 15) is 4.79 Å². The number of ketones is 1. The zero-order chi connectivity index (χ0) is 8.55. The zero-order valence-electron chi connectivity index (χ0n) is 7.88. The summed E-state index contributed by atoms with van der Waals surface area (Å²) >= 11 is 0. The van der Waals surface area contributed by atoms with Gasteiger partial charge in [0.2, 0.25) is 0 Å². The van der Waals surface area contributed by atoms with Crippen molar-refractivity contribution in [1.29, 1.82) is 0 Å². The van der Waals surface area contributed by atoms with E-state index < -0.39 is 0 Å². The third-order valence-electron chi connectivity index (χ3n) is 3.83. The summed E-state index contributed by atoms with van der Waals surface area (Å²) in [6, 6.07) is 0. The van der Waals surface area contributed by atoms with E-state index in [0.717, 1.165) is 37.0 Å². The van der Waals surface area contributed by atoms with Gasteiger partial charge in [-0.3, -0.25) is 4.79 Å². The molecule has 0 spiro atoms. The van der Waals surface area contributed by atoms with Crippen LogP contribution >= 0.6 is 0 Å². The Kier molecular flexibility index (Phi) is 2.20. The van der Waals surface area contributed by atoms with Crippen molar-refractivity contribution in [1.82, 2.24) is 0 Å². The maximum Gasteiger partial charge on any atom is 0.133 e. The first-order chi connectivity index (χ1) is 5.77. The second kappa shape index (κ2) is 3.20. The fourth-order valence-electron chi connectivity index (χ4n) is 2.67. The first-order valence-corrected chi connectivity index (χ1v) is 5.29. The van der Waals surface area contributed by atoms with Gasteiger partial charge in [-0.15, -0.1) is 0 Å². The van der Waals surface area contributed by atoms with E-state index in [-0.39, 0.29) is 0 Å². The molecular weight excluding hydrogens is 148 g/mol. The summed E-state index contributed by atoms with van der Waals surface area (Å²) in [5, 5.41) is 0. The van der Waals surface area contributed by atoms with Crippen LogP contribution in [0.15, 0.2) is 0 Å². The van der Waals surface area contributed by atoms with Crippen LogP contribution in [-0.2, 0) is 4.79 Å². The monoisotopic (exact) mass is 166 g/mol. The second-order valence-electron chi connectivity index (χ2n) is 4.61. The molecule has 1 heteroatoms. The normalized spacial score (nSPS) is 37.9. The van der Waals surface area contributed by atoms with Crippen LogP contribution < -0.4 is 0 Å². The maximum absolute atomic E-state index is 11.3. The van der Waals surface area contributed by atoms with Gasteiger partial charge in [0.1, 0.15) is 5.78 Å². The minimum absolute atomic E-state index is 0.519. The van der Waals surface area contributed by atoms with E-state index in [0.29, 0.717) is 5.78 Å². The molecule has 0 saturated heterocycles. The highest BCUT2D eigenvalue weighted by molar-refractivity contribution is 5.79. The van der Waals surface area contributed by atoms with Gasteiger partial charge in [0.15, 0.2) is 0 Å². The lowest BCUT2D eigenvalue weighted by Crippen LogP contribution is -2.32. The van der Waals surface area contributed by atoms with Crippen molar-refractivity contribution in [3.63, 3.8) is 0 Å². The Labute approximate surface area is 74.5 Å². The lowest BCUT2D eigenvalue weighted by Gasteiger charge is -2.39. The molecule has 0 N–H and O–H groups in total.